The van der Waals surface area contributed by atoms with E-state index in [0.29, 0.717) is 11.4 Å². The Bertz CT molecular complexity index is 1150. The molecule has 0 aliphatic heterocycles. The number of methoxy groups -OCH3 is 1. The molecule has 35 heavy (non-hydrogen) atoms. The van der Waals surface area contributed by atoms with Crippen molar-refractivity contribution in [1.29, 1.82) is 0 Å². The second kappa shape index (κ2) is 11.1. The molecule has 0 aromatic heterocycles. The van der Waals surface area contributed by atoms with Gasteiger partial charge >= 0.3 is 0 Å². The van der Waals surface area contributed by atoms with Crippen molar-refractivity contribution in [1.82, 2.24) is 10.2 Å². The van der Waals surface area contributed by atoms with Crippen LogP contribution in [0.1, 0.15) is 44.4 Å². The Hall–Kier alpha value is -3.07. The van der Waals surface area contributed by atoms with Crippen LogP contribution in [0.4, 0.5) is 5.69 Å². The lowest BCUT2D eigenvalue weighted by Crippen LogP contribution is -2.54. The maximum absolute atomic E-state index is 13.6. The highest BCUT2D eigenvalue weighted by atomic mass is 32.2. The summed E-state index contributed by atoms with van der Waals surface area (Å²) in [5.41, 5.74) is 2.44. The minimum absolute atomic E-state index is 0.110. The van der Waals surface area contributed by atoms with Crippen LogP contribution >= 0.6 is 0 Å². The van der Waals surface area contributed by atoms with Gasteiger partial charge in [0.15, 0.2) is 0 Å². The number of nitrogens with zero attached hydrogens (tertiary/aromatic N) is 2. The smallest absolute Gasteiger partial charge is 0.244 e. The molecule has 0 spiro atoms. The number of ether oxygens (including phenoxy) is 1. The van der Waals surface area contributed by atoms with Crippen LogP contribution in [0.5, 0.6) is 5.75 Å². The minimum Gasteiger partial charge on any atom is -0.497 e. The van der Waals surface area contributed by atoms with Gasteiger partial charge < -0.3 is 15.0 Å². The summed E-state index contributed by atoms with van der Waals surface area (Å²) in [6.07, 6.45) is 1.07. The summed E-state index contributed by atoms with van der Waals surface area (Å²) in [4.78, 5) is 28.0. The monoisotopic (exact) mass is 503 g/mol. The number of anilines is 1. The van der Waals surface area contributed by atoms with Crippen molar-refractivity contribution < 1.29 is 22.7 Å². The highest BCUT2D eigenvalue weighted by Gasteiger charge is 2.31. The zero-order valence-electron chi connectivity index (χ0n) is 21.9. The number of sulfonamides is 1. The normalized spacial score (nSPS) is 12.6. The Balaban J connectivity index is 2.45. The lowest BCUT2D eigenvalue weighted by molar-refractivity contribution is -0.140. The van der Waals surface area contributed by atoms with E-state index in [0.717, 1.165) is 27.3 Å². The molecular formula is C26H37N3O5S. The van der Waals surface area contributed by atoms with Crippen LogP contribution in [-0.2, 0) is 26.2 Å². The van der Waals surface area contributed by atoms with E-state index in [-0.39, 0.29) is 12.5 Å². The zero-order valence-corrected chi connectivity index (χ0v) is 22.7. The predicted molar refractivity (Wildman–Crippen MR) is 139 cm³/mol. The number of carbonyl (C=O) groups is 2. The van der Waals surface area contributed by atoms with Crippen molar-refractivity contribution in [2.75, 3.05) is 24.2 Å². The average molecular weight is 504 g/mol. The number of hydrogen-bond donors (Lipinski definition) is 1. The lowest BCUT2D eigenvalue weighted by atomic mass is 10.1. The second-order valence-electron chi connectivity index (χ2n) is 9.90. The van der Waals surface area contributed by atoms with Gasteiger partial charge in [-0.15, -0.1) is 0 Å². The first-order valence-corrected chi connectivity index (χ1v) is 13.3. The van der Waals surface area contributed by atoms with Crippen molar-refractivity contribution in [3.8, 4) is 5.75 Å². The molecule has 2 rings (SSSR count). The van der Waals surface area contributed by atoms with E-state index in [2.05, 4.69) is 5.32 Å². The van der Waals surface area contributed by atoms with E-state index in [1.807, 2.05) is 46.8 Å². The van der Waals surface area contributed by atoms with Crippen LogP contribution in [0, 0.1) is 13.8 Å². The standard InChI is InChI=1S/C26H37N3O5S/c1-18-12-19(2)14-22(13-18)29(35(8,32)33)17-24(30)28(20(3)25(31)27-26(4,5)6)16-21-10-9-11-23(15-21)34-7/h9-15,20H,16-17H2,1-8H3,(H,27,31). The molecular weight excluding hydrogens is 466 g/mol. The molecule has 0 saturated carbocycles. The van der Waals surface area contributed by atoms with Crippen LogP contribution in [0.15, 0.2) is 42.5 Å². The fourth-order valence-corrected chi connectivity index (χ4v) is 4.57. The third-order valence-corrected chi connectivity index (χ3v) is 6.47. The first-order chi connectivity index (χ1) is 16.1. The molecule has 0 aliphatic carbocycles. The van der Waals surface area contributed by atoms with Gasteiger partial charge in [0, 0.05) is 12.1 Å². The molecule has 2 amide bonds. The van der Waals surface area contributed by atoms with Gasteiger partial charge in [0.2, 0.25) is 21.8 Å². The summed E-state index contributed by atoms with van der Waals surface area (Å²) in [5, 5.41) is 2.90. The molecule has 0 aliphatic rings. The van der Waals surface area contributed by atoms with Crippen molar-refractivity contribution >= 4 is 27.5 Å². The van der Waals surface area contributed by atoms with Crippen molar-refractivity contribution in [3.05, 3.63) is 59.2 Å². The molecule has 2 aromatic rings. The molecule has 8 nitrogen and oxygen atoms in total. The summed E-state index contributed by atoms with van der Waals surface area (Å²) < 4.78 is 31.8. The first kappa shape index (κ1) is 28.2. The van der Waals surface area contributed by atoms with Gasteiger partial charge in [0.1, 0.15) is 18.3 Å². The van der Waals surface area contributed by atoms with Crippen LogP contribution in [0.3, 0.4) is 0 Å². The fraction of sp³-hybridized carbons (Fsp3) is 0.462. The number of carbonyl (C=O) groups excluding carboxylic acids is 2. The number of benzene rings is 2. The summed E-state index contributed by atoms with van der Waals surface area (Å²) in [7, 11) is -2.22. The lowest BCUT2D eigenvalue weighted by Gasteiger charge is -2.33. The van der Waals surface area contributed by atoms with Gasteiger partial charge in [0.25, 0.3) is 0 Å². The highest BCUT2D eigenvalue weighted by Crippen LogP contribution is 2.23. The number of nitrogens with one attached hydrogen (secondary N) is 1. The number of amides is 2. The van der Waals surface area contributed by atoms with E-state index in [1.54, 1.807) is 44.4 Å². The first-order valence-electron chi connectivity index (χ1n) is 11.4. The maximum Gasteiger partial charge on any atom is 0.244 e. The summed E-state index contributed by atoms with van der Waals surface area (Å²) in [5.74, 6) is -0.199. The largest absolute Gasteiger partial charge is 0.497 e. The Labute approximate surface area is 209 Å². The van der Waals surface area contributed by atoms with Crippen LogP contribution < -0.4 is 14.4 Å². The third kappa shape index (κ3) is 8.28. The molecule has 9 heteroatoms. The Morgan fingerprint density at radius 2 is 1.66 bits per heavy atom. The number of rotatable bonds is 9. The number of aryl methyl sites for hydroxylation is 2. The van der Waals surface area contributed by atoms with Crippen molar-refractivity contribution in [2.24, 2.45) is 0 Å². The molecule has 0 saturated heterocycles. The van der Waals surface area contributed by atoms with E-state index in [9.17, 15) is 18.0 Å². The summed E-state index contributed by atoms with van der Waals surface area (Å²) in [6.45, 7) is 10.6. The quantitative estimate of drug-likeness (QED) is 0.566. The SMILES string of the molecule is COc1cccc(CN(C(=O)CN(c2cc(C)cc(C)c2)S(C)(=O)=O)C(C)C(=O)NC(C)(C)C)c1. The molecule has 0 radical (unpaired) electrons. The van der Waals surface area contributed by atoms with Crippen LogP contribution in [0.2, 0.25) is 0 Å². The van der Waals surface area contributed by atoms with Crippen molar-refractivity contribution in [3.63, 3.8) is 0 Å². The Kier molecular flexibility index (Phi) is 8.94. The van der Waals surface area contributed by atoms with Gasteiger partial charge in [-0.1, -0.05) is 18.2 Å². The maximum atomic E-state index is 13.6. The van der Waals surface area contributed by atoms with Gasteiger partial charge in [-0.2, -0.15) is 0 Å². The van der Waals surface area contributed by atoms with Crippen LogP contribution in [-0.4, -0.2) is 56.6 Å². The second-order valence-corrected chi connectivity index (χ2v) is 11.8. The Morgan fingerprint density at radius 3 is 2.17 bits per heavy atom. The van der Waals surface area contributed by atoms with Crippen molar-refractivity contribution in [2.45, 2.75) is 59.7 Å². The minimum atomic E-state index is -3.77. The molecule has 0 fully saturated rings. The zero-order chi connectivity index (χ0) is 26.6. The Morgan fingerprint density at radius 1 is 1.06 bits per heavy atom. The average Bonchev–Trinajstić information content (AvgIpc) is 2.72. The molecule has 1 unspecified atom stereocenters. The van der Waals surface area contributed by atoms with E-state index in [4.69, 9.17) is 4.74 Å². The van der Waals surface area contributed by atoms with Gasteiger partial charge in [0.05, 0.1) is 19.1 Å². The third-order valence-electron chi connectivity index (χ3n) is 5.33. The molecule has 2 aromatic carbocycles. The predicted octanol–water partition coefficient (Wildman–Crippen LogP) is 3.41. The van der Waals surface area contributed by atoms with E-state index < -0.39 is 34.1 Å². The molecule has 192 valence electrons. The summed E-state index contributed by atoms with van der Waals surface area (Å²) >= 11 is 0. The molecule has 0 heterocycles. The molecule has 0 bridgehead atoms. The van der Waals surface area contributed by atoms with Gasteiger partial charge in [-0.05, 0) is 82.5 Å². The van der Waals surface area contributed by atoms with Crippen LogP contribution in [0.25, 0.3) is 0 Å². The van der Waals surface area contributed by atoms with E-state index >= 15 is 0 Å². The van der Waals surface area contributed by atoms with E-state index in [1.165, 1.54) is 4.90 Å². The summed E-state index contributed by atoms with van der Waals surface area (Å²) in [6, 6.07) is 11.7. The van der Waals surface area contributed by atoms with Gasteiger partial charge in [-0.3, -0.25) is 13.9 Å². The number of hydrogen-bond acceptors (Lipinski definition) is 5. The van der Waals surface area contributed by atoms with Gasteiger partial charge in [-0.25, -0.2) is 8.42 Å². The molecule has 1 N–H and O–H groups in total. The fourth-order valence-electron chi connectivity index (χ4n) is 3.73. The highest BCUT2D eigenvalue weighted by molar-refractivity contribution is 7.92. The molecule has 1 atom stereocenters. The topological polar surface area (TPSA) is 96.0 Å².